The molecule has 1 atom stereocenters. The largest absolute Gasteiger partial charge is 0.308 e. The highest BCUT2D eigenvalue weighted by Gasteiger charge is 2.11. The maximum atomic E-state index is 13.3. The number of hydrogen-bond acceptors (Lipinski definition) is 1. The minimum Gasteiger partial charge on any atom is -0.308 e. The fourth-order valence-electron chi connectivity index (χ4n) is 1.44. The minimum atomic E-state index is -0.539. The van der Waals surface area contributed by atoms with E-state index >= 15 is 0 Å². The topological polar surface area (TPSA) is 12.0 Å². The maximum absolute atomic E-state index is 13.3. The van der Waals surface area contributed by atoms with Gasteiger partial charge in [-0.25, -0.2) is 8.78 Å². The molecule has 0 aliphatic carbocycles. The molecule has 1 aromatic rings. The summed E-state index contributed by atoms with van der Waals surface area (Å²) in [5.41, 5.74) is 0.500. The molecule has 1 N–H and O–H groups in total. The zero-order valence-electron chi connectivity index (χ0n) is 8.64. The van der Waals surface area contributed by atoms with Gasteiger partial charge in [0.1, 0.15) is 11.6 Å². The predicted octanol–water partition coefficient (Wildman–Crippen LogP) is 3.02. The SMILES string of the molecule is CC(C)NC(C)c1ccc(F)cc1F. The fraction of sp³-hybridized carbons (Fsp3) is 0.455. The Kier molecular flexibility index (Phi) is 3.58. The standard InChI is InChI=1S/C11H15F2N/c1-7(2)14-8(3)10-5-4-9(12)6-11(10)13/h4-8,14H,1-3H3. The van der Waals surface area contributed by atoms with Crippen LogP contribution in [0.4, 0.5) is 8.78 Å². The van der Waals surface area contributed by atoms with Crippen LogP contribution in [0, 0.1) is 11.6 Å². The van der Waals surface area contributed by atoms with Gasteiger partial charge in [-0.15, -0.1) is 0 Å². The molecule has 1 nitrogen and oxygen atoms in total. The third kappa shape index (κ3) is 2.77. The van der Waals surface area contributed by atoms with Gasteiger partial charge in [0.25, 0.3) is 0 Å². The van der Waals surface area contributed by atoms with E-state index in [1.54, 1.807) is 0 Å². The Morgan fingerprint density at radius 3 is 2.29 bits per heavy atom. The van der Waals surface area contributed by atoms with Gasteiger partial charge < -0.3 is 5.32 Å². The van der Waals surface area contributed by atoms with Gasteiger partial charge in [0.05, 0.1) is 0 Å². The second kappa shape index (κ2) is 4.51. The second-order valence-corrected chi connectivity index (χ2v) is 3.71. The molecule has 0 bridgehead atoms. The van der Waals surface area contributed by atoms with Crippen LogP contribution >= 0.6 is 0 Å². The lowest BCUT2D eigenvalue weighted by molar-refractivity contribution is 0.479. The van der Waals surface area contributed by atoms with Gasteiger partial charge in [-0.2, -0.15) is 0 Å². The molecule has 78 valence electrons. The van der Waals surface area contributed by atoms with Crippen LogP contribution in [0.2, 0.25) is 0 Å². The van der Waals surface area contributed by atoms with Crippen molar-refractivity contribution in [1.82, 2.24) is 5.32 Å². The van der Waals surface area contributed by atoms with Crippen molar-refractivity contribution in [3.8, 4) is 0 Å². The third-order valence-electron chi connectivity index (χ3n) is 2.01. The summed E-state index contributed by atoms with van der Waals surface area (Å²) in [6.07, 6.45) is 0. The fourth-order valence-corrected chi connectivity index (χ4v) is 1.44. The molecule has 0 heterocycles. The highest BCUT2D eigenvalue weighted by Crippen LogP contribution is 2.17. The smallest absolute Gasteiger partial charge is 0.130 e. The van der Waals surface area contributed by atoms with Crippen molar-refractivity contribution in [3.05, 3.63) is 35.4 Å². The Hall–Kier alpha value is -0.960. The van der Waals surface area contributed by atoms with E-state index in [0.29, 0.717) is 5.56 Å². The predicted molar refractivity (Wildman–Crippen MR) is 53.0 cm³/mol. The lowest BCUT2D eigenvalue weighted by atomic mass is 10.1. The van der Waals surface area contributed by atoms with Crippen molar-refractivity contribution in [1.29, 1.82) is 0 Å². The van der Waals surface area contributed by atoms with Crippen molar-refractivity contribution in [2.24, 2.45) is 0 Å². The summed E-state index contributed by atoms with van der Waals surface area (Å²) < 4.78 is 25.9. The lowest BCUT2D eigenvalue weighted by Crippen LogP contribution is -2.26. The van der Waals surface area contributed by atoms with E-state index in [2.05, 4.69) is 5.32 Å². The van der Waals surface area contributed by atoms with Gasteiger partial charge in [0.15, 0.2) is 0 Å². The van der Waals surface area contributed by atoms with E-state index in [1.165, 1.54) is 12.1 Å². The molecule has 14 heavy (non-hydrogen) atoms. The maximum Gasteiger partial charge on any atom is 0.130 e. The Morgan fingerprint density at radius 1 is 1.14 bits per heavy atom. The van der Waals surface area contributed by atoms with Crippen molar-refractivity contribution < 1.29 is 8.78 Å². The molecule has 0 spiro atoms. The van der Waals surface area contributed by atoms with E-state index in [0.717, 1.165) is 6.07 Å². The van der Waals surface area contributed by atoms with E-state index < -0.39 is 11.6 Å². The summed E-state index contributed by atoms with van der Waals surface area (Å²) in [7, 11) is 0. The van der Waals surface area contributed by atoms with E-state index in [4.69, 9.17) is 0 Å². The Bertz CT molecular complexity index is 310. The molecule has 0 aromatic heterocycles. The van der Waals surface area contributed by atoms with Crippen LogP contribution in [-0.4, -0.2) is 6.04 Å². The average Bonchev–Trinajstić information content (AvgIpc) is 2.01. The van der Waals surface area contributed by atoms with E-state index in [9.17, 15) is 8.78 Å². The molecule has 3 heteroatoms. The molecule has 0 amide bonds. The van der Waals surface area contributed by atoms with Gasteiger partial charge in [0, 0.05) is 23.7 Å². The molecule has 1 aromatic carbocycles. The highest BCUT2D eigenvalue weighted by atomic mass is 19.1. The van der Waals surface area contributed by atoms with Crippen LogP contribution < -0.4 is 5.32 Å². The minimum absolute atomic E-state index is 0.101. The van der Waals surface area contributed by atoms with Crippen LogP contribution in [0.5, 0.6) is 0 Å². The first-order valence-corrected chi connectivity index (χ1v) is 4.71. The number of halogens is 2. The Balaban J connectivity index is 2.84. The molecule has 0 fully saturated rings. The average molecular weight is 199 g/mol. The number of benzene rings is 1. The molecular weight excluding hydrogens is 184 g/mol. The van der Waals surface area contributed by atoms with Gasteiger partial charge in [-0.3, -0.25) is 0 Å². The van der Waals surface area contributed by atoms with Crippen molar-refractivity contribution in [2.45, 2.75) is 32.9 Å². The Morgan fingerprint density at radius 2 is 1.79 bits per heavy atom. The van der Waals surface area contributed by atoms with Crippen LogP contribution in [0.3, 0.4) is 0 Å². The summed E-state index contributed by atoms with van der Waals surface area (Å²) >= 11 is 0. The summed E-state index contributed by atoms with van der Waals surface area (Å²) in [5.74, 6) is -1.03. The number of hydrogen-bond donors (Lipinski definition) is 1. The van der Waals surface area contributed by atoms with Gasteiger partial charge in [-0.05, 0) is 13.0 Å². The number of rotatable bonds is 3. The summed E-state index contributed by atoms with van der Waals surface area (Å²) in [4.78, 5) is 0. The van der Waals surface area contributed by atoms with E-state index in [-0.39, 0.29) is 12.1 Å². The zero-order valence-corrected chi connectivity index (χ0v) is 8.64. The monoisotopic (exact) mass is 199 g/mol. The second-order valence-electron chi connectivity index (χ2n) is 3.71. The molecular formula is C11H15F2N. The molecule has 0 saturated heterocycles. The van der Waals surface area contributed by atoms with Crippen LogP contribution in [0.25, 0.3) is 0 Å². The van der Waals surface area contributed by atoms with Crippen LogP contribution in [-0.2, 0) is 0 Å². The summed E-state index contributed by atoms with van der Waals surface area (Å²) in [6.45, 7) is 5.83. The van der Waals surface area contributed by atoms with Crippen molar-refractivity contribution >= 4 is 0 Å². The molecule has 0 radical (unpaired) electrons. The third-order valence-corrected chi connectivity index (χ3v) is 2.01. The number of nitrogens with one attached hydrogen (secondary N) is 1. The van der Waals surface area contributed by atoms with Crippen molar-refractivity contribution in [2.75, 3.05) is 0 Å². The molecule has 1 unspecified atom stereocenters. The summed E-state index contributed by atoms with van der Waals surface area (Å²) in [5, 5.41) is 3.16. The first-order chi connectivity index (χ1) is 6.50. The molecule has 1 rings (SSSR count). The highest BCUT2D eigenvalue weighted by molar-refractivity contribution is 5.21. The zero-order chi connectivity index (χ0) is 10.7. The lowest BCUT2D eigenvalue weighted by Gasteiger charge is -2.17. The summed E-state index contributed by atoms with van der Waals surface area (Å²) in [6, 6.07) is 3.83. The van der Waals surface area contributed by atoms with E-state index in [1.807, 2.05) is 20.8 Å². The van der Waals surface area contributed by atoms with Crippen LogP contribution in [0.15, 0.2) is 18.2 Å². The molecule has 0 aliphatic heterocycles. The molecule has 0 saturated carbocycles. The van der Waals surface area contributed by atoms with Gasteiger partial charge in [0.2, 0.25) is 0 Å². The van der Waals surface area contributed by atoms with Gasteiger partial charge in [-0.1, -0.05) is 19.9 Å². The van der Waals surface area contributed by atoms with Gasteiger partial charge >= 0.3 is 0 Å². The first-order valence-electron chi connectivity index (χ1n) is 4.71. The van der Waals surface area contributed by atoms with Crippen molar-refractivity contribution in [3.63, 3.8) is 0 Å². The molecule has 0 aliphatic rings. The normalized spacial score (nSPS) is 13.3. The first kappa shape index (κ1) is 11.1. The Labute approximate surface area is 83.1 Å². The quantitative estimate of drug-likeness (QED) is 0.789. The van der Waals surface area contributed by atoms with Crippen LogP contribution in [0.1, 0.15) is 32.4 Å².